The van der Waals surface area contributed by atoms with Crippen LogP contribution in [-0.2, 0) is 26.3 Å². The van der Waals surface area contributed by atoms with Crippen molar-refractivity contribution in [3.8, 4) is 0 Å². The van der Waals surface area contributed by atoms with Crippen molar-refractivity contribution in [2.75, 3.05) is 31.5 Å². The zero-order chi connectivity index (χ0) is 25.3. The summed E-state index contributed by atoms with van der Waals surface area (Å²) >= 11 is 0. The molecule has 0 bridgehead atoms. The number of carbonyl (C=O) groups is 2. The van der Waals surface area contributed by atoms with E-state index in [0.717, 1.165) is 26.2 Å². The lowest BCUT2D eigenvalue weighted by atomic mass is 10.1. The monoisotopic (exact) mass is 488 g/mol. The van der Waals surface area contributed by atoms with E-state index in [4.69, 9.17) is 0 Å². The first-order valence-corrected chi connectivity index (χ1v) is 12.9. The fourth-order valence-electron chi connectivity index (χ4n) is 3.57. The van der Waals surface area contributed by atoms with Crippen LogP contribution in [-0.4, -0.2) is 62.7 Å². The minimum atomic E-state index is -3.95. The van der Waals surface area contributed by atoms with Gasteiger partial charge in [-0.3, -0.25) is 9.59 Å². The Morgan fingerprint density at radius 1 is 0.971 bits per heavy atom. The fraction of sp³-hybridized carbons (Fsp3) is 0.440. The summed E-state index contributed by atoms with van der Waals surface area (Å²) in [5, 5.41) is 2.88. The molecule has 0 saturated heterocycles. The van der Waals surface area contributed by atoms with Crippen LogP contribution in [0.5, 0.6) is 0 Å². The number of anilines is 1. The third-order valence-electron chi connectivity index (χ3n) is 5.60. The molecule has 2 aromatic rings. The van der Waals surface area contributed by atoms with Crippen molar-refractivity contribution in [3.63, 3.8) is 0 Å². The Kier molecular flexibility index (Phi) is 10.1. The quantitative estimate of drug-likeness (QED) is 0.497. The van der Waals surface area contributed by atoms with Crippen molar-refractivity contribution in [2.24, 2.45) is 0 Å². The second-order valence-electron chi connectivity index (χ2n) is 8.30. The molecule has 34 heavy (non-hydrogen) atoms. The molecular formula is C25H36N4O4S. The molecule has 2 aromatic carbocycles. The maximum absolute atomic E-state index is 13.7. The van der Waals surface area contributed by atoms with E-state index in [2.05, 4.69) is 5.32 Å². The van der Waals surface area contributed by atoms with Crippen LogP contribution in [0.4, 0.5) is 5.69 Å². The summed E-state index contributed by atoms with van der Waals surface area (Å²) in [5.74, 6) is -0.691. The van der Waals surface area contributed by atoms with E-state index in [1.807, 2.05) is 45.0 Å². The van der Waals surface area contributed by atoms with Crippen LogP contribution in [0.25, 0.3) is 0 Å². The third-order valence-corrected chi connectivity index (χ3v) is 7.42. The van der Waals surface area contributed by atoms with Gasteiger partial charge in [-0.1, -0.05) is 56.3 Å². The smallest absolute Gasteiger partial charge is 0.304 e. The van der Waals surface area contributed by atoms with Gasteiger partial charge in [-0.2, -0.15) is 12.7 Å². The molecule has 0 aliphatic heterocycles. The summed E-state index contributed by atoms with van der Waals surface area (Å²) in [6, 6.07) is 15.4. The molecule has 2 rings (SSSR count). The molecule has 0 unspecified atom stereocenters. The molecule has 0 aliphatic carbocycles. The normalized spacial score (nSPS) is 12.3. The Bertz CT molecular complexity index is 1060. The number of para-hydroxylation sites is 1. The summed E-state index contributed by atoms with van der Waals surface area (Å²) in [6.07, 6.45) is 1.18. The van der Waals surface area contributed by atoms with E-state index in [0.29, 0.717) is 18.7 Å². The lowest BCUT2D eigenvalue weighted by molar-refractivity contribution is -0.140. The minimum Gasteiger partial charge on any atom is -0.354 e. The van der Waals surface area contributed by atoms with Crippen molar-refractivity contribution in [2.45, 2.75) is 46.2 Å². The number of benzene rings is 2. The standard InChI is InChI=1S/C25H36N4O4S/c1-6-17-26-25(31)23(7-2)28(18-21-14-12-11-13-20(21)3)24(30)19-29(34(32,33)27(4)5)22-15-9-8-10-16-22/h8-16,23H,6-7,17-19H2,1-5H3,(H,26,31)/t23-/m0/s1. The number of rotatable bonds is 12. The highest BCUT2D eigenvalue weighted by Gasteiger charge is 2.33. The van der Waals surface area contributed by atoms with Gasteiger partial charge in [0.15, 0.2) is 0 Å². The van der Waals surface area contributed by atoms with Crippen LogP contribution in [0.15, 0.2) is 54.6 Å². The van der Waals surface area contributed by atoms with Gasteiger partial charge < -0.3 is 10.2 Å². The Morgan fingerprint density at radius 3 is 2.15 bits per heavy atom. The predicted molar refractivity (Wildman–Crippen MR) is 136 cm³/mol. The van der Waals surface area contributed by atoms with Gasteiger partial charge in [0.25, 0.3) is 0 Å². The molecule has 186 valence electrons. The Hall–Kier alpha value is -2.91. The van der Waals surface area contributed by atoms with Gasteiger partial charge in [0.05, 0.1) is 5.69 Å². The topological polar surface area (TPSA) is 90.0 Å². The number of aryl methyl sites for hydroxylation is 1. The zero-order valence-corrected chi connectivity index (χ0v) is 21.5. The van der Waals surface area contributed by atoms with E-state index in [-0.39, 0.29) is 12.5 Å². The van der Waals surface area contributed by atoms with Gasteiger partial charge in [-0.25, -0.2) is 4.31 Å². The van der Waals surface area contributed by atoms with Gasteiger partial charge in [-0.05, 0) is 43.0 Å². The van der Waals surface area contributed by atoms with Gasteiger partial charge in [0, 0.05) is 27.2 Å². The van der Waals surface area contributed by atoms with Gasteiger partial charge in [-0.15, -0.1) is 0 Å². The molecule has 9 heteroatoms. The second kappa shape index (κ2) is 12.5. The van der Waals surface area contributed by atoms with Gasteiger partial charge >= 0.3 is 10.2 Å². The Balaban J connectivity index is 2.47. The Labute approximate surface area is 203 Å². The summed E-state index contributed by atoms with van der Waals surface area (Å²) in [6.45, 7) is 6.04. The SMILES string of the molecule is CCCNC(=O)[C@H](CC)N(Cc1ccccc1C)C(=O)CN(c1ccccc1)S(=O)(=O)N(C)C. The lowest BCUT2D eigenvalue weighted by Crippen LogP contribution is -2.53. The van der Waals surface area contributed by atoms with Crippen molar-refractivity contribution < 1.29 is 18.0 Å². The first kappa shape index (κ1) is 27.3. The lowest BCUT2D eigenvalue weighted by Gasteiger charge is -2.34. The maximum atomic E-state index is 13.7. The number of hydrogen-bond acceptors (Lipinski definition) is 4. The summed E-state index contributed by atoms with van der Waals surface area (Å²) in [4.78, 5) is 28.2. The van der Waals surface area contributed by atoms with Crippen LogP contribution in [0.1, 0.15) is 37.8 Å². The van der Waals surface area contributed by atoms with Gasteiger partial charge in [0.2, 0.25) is 11.8 Å². The average Bonchev–Trinajstić information content (AvgIpc) is 2.82. The molecule has 8 nitrogen and oxygen atoms in total. The highest BCUT2D eigenvalue weighted by atomic mass is 32.2. The van der Waals surface area contributed by atoms with Crippen molar-refractivity contribution in [3.05, 3.63) is 65.7 Å². The van der Waals surface area contributed by atoms with Crippen molar-refractivity contribution in [1.29, 1.82) is 0 Å². The largest absolute Gasteiger partial charge is 0.354 e. The van der Waals surface area contributed by atoms with Crippen LogP contribution in [0.3, 0.4) is 0 Å². The molecule has 0 aliphatic rings. The predicted octanol–water partition coefficient (Wildman–Crippen LogP) is 2.94. The van der Waals surface area contributed by atoms with Crippen LogP contribution >= 0.6 is 0 Å². The zero-order valence-electron chi connectivity index (χ0n) is 20.7. The van der Waals surface area contributed by atoms with Crippen molar-refractivity contribution >= 4 is 27.7 Å². The van der Waals surface area contributed by atoms with Crippen LogP contribution in [0, 0.1) is 6.92 Å². The molecular weight excluding hydrogens is 452 g/mol. The molecule has 0 fully saturated rings. The molecule has 0 saturated carbocycles. The maximum Gasteiger partial charge on any atom is 0.304 e. The van der Waals surface area contributed by atoms with E-state index in [1.54, 1.807) is 30.3 Å². The number of nitrogens with zero attached hydrogens (tertiary/aromatic N) is 3. The van der Waals surface area contributed by atoms with Gasteiger partial charge in [0.1, 0.15) is 12.6 Å². The highest BCUT2D eigenvalue weighted by Crippen LogP contribution is 2.21. The van der Waals surface area contributed by atoms with Crippen molar-refractivity contribution in [1.82, 2.24) is 14.5 Å². The summed E-state index contributed by atoms with van der Waals surface area (Å²) in [7, 11) is -1.10. The molecule has 0 aromatic heterocycles. The van der Waals surface area contributed by atoms with E-state index in [1.165, 1.54) is 19.0 Å². The third kappa shape index (κ3) is 6.80. The number of carbonyl (C=O) groups excluding carboxylic acids is 2. The van der Waals surface area contributed by atoms with Crippen LogP contribution in [0.2, 0.25) is 0 Å². The van der Waals surface area contributed by atoms with E-state index >= 15 is 0 Å². The second-order valence-corrected chi connectivity index (χ2v) is 10.4. The molecule has 1 N–H and O–H groups in total. The number of hydrogen-bond donors (Lipinski definition) is 1. The molecule has 0 heterocycles. The summed E-state index contributed by atoms with van der Waals surface area (Å²) < 4.78 is 28.4. The first-order valence-electron chi connectivity index (χ1n) is 11.5. The number of amides is 2. The Morgan fingerprint density at radius 2 is 1.59 bits per heavy atom. The van der Waals surface area contributed by atoms with E-state index < -0.39 is 28.7 Å². The van der Waals surface area contributed by atoms with Crippen LogP contribution < -0.4 is 9.62 Å². The minimum absolute atomic E-state index is 0.203. The fourth-order valence-corrected chi connectivity index (χ4v) is 4.62. The molecule has 0 spiro atoms. The number of nitrogens with one attached hydrogen (secondary N) is 1. The molecule has 1 atom stereocenters. The molecule has 2 amide bonds. The average molecular weight is 489 g/mol. The highest BCUT2D eigenvalue weighted by molar-refractivity contribution is 7.90. The first-order chi connectivity index (χ1) is 16.1. The van der Waals surface area contributed by atoms with E-state index in [9.17, 15) is 18.0 Å². The summed E-state index contributed by atoms with van der Waals surface area (Å²) in [5.41, 5.74) is 2.27. The molecule has 0 radical (unpaired) electrons.